The van der Waals surface area contributed by atoms with Gasteiger partial charge in [0.15, 0.2) is 5.03 Å². The minimum absolute atomic E-state index is 0.00257. The summed E-state index contributed by atoms with van der Waals surface area (Å²) in [5.41, 5.74) is 0.393. The van der Waals surface area contributed by atoms with Gasteiger partial charge in [0.05, 0.1) is 19.0 Å². The van der Waals surface area contributed by atoms with Crippen LogP contribution in [0.25, 0.3) is 0 Å². The van der Waals surface area contributed by atoms with E-state index in [1.807, 2.05) is 0 Å². The summed E-state index contributed by atoms with van der Waals surface area (Å²) in [4.78, 5) is 0. The van der Waals surface area contributed by atoms with Crippen molar-refractivity contribution < 1.29 is 13.2 Å². The lowest BCUT2D eigenvalue weighted by Gasteiger charge is -2.09. The minimum Gasteiger partial charge on any atom is -0.497 e. The third-order valence-electron chi connectivity index (χ3n) is 2.18. The number of hydrogen-bond acceptors (Lipinski definition) is 4. The van der Waals surface area contributed by atoms with Gasteiger partial charge in [-0.3, -0.25) is 9.82 Å². The topological polar surface area (TPSA) is 84.1 Å². The molecule has 0 bridgehead atoms. The van der Waals surface area contributed by atoms with E-state index >= 15 is 0 Å². The van der Waals surface area contributed by atoms with Gasteiger partial charge in [0.2, 0.25) is 0 Å². The molecule has 2 N–H and O–H groups in total. The summed E-state index contributed by atoms with van der Waals surface area (Å²) in [7, 11) is -2.16. The summed E-state index contributed by atoms with van der Waals surface area (Å²) < 4.78 is 32.0. The predicted octanol–water partition coefficient (Wildman–Crippen LogP) is 1.98. The van der Waals surface area contributed by atoms with E-state index in [0.717, 1.165) is 0 Å². The molecule has 1 aromatic carbocycles. The zero-order valence-electron chi connectivity index (χ0n) is 9.34. The van der Waals surface area contributed by atoms with Crippen LogP contribution in [0.2, 0.25) is 0 Å². The summed E-state index contributed by atoms with van der Waals surface area (Å²) in [6.45, 7) is 0. The summed E-state index contributed by atoms with van der Waals surface area (Å²) in [5, 5.41) is 6.00. The summed E-state index contributed by atoms with van der Waals surface area (Å²) in [6.07, 6.45) is 1.37. The van der Waals surface area contributed by atoms with E-state index in [1.54, 1.807) is 18.2 Å². The molecule has 0 aliphatic carbocycles. The molecule has 8 heteroatoms. The smallest absolute Gasteiger partial charge is 0.278 e. The lowest BCUT2D eigenvalue weighted by atomic mass is 10.3. The second-order valence-electron chi connectivity index (χ2n) is 3.37. The van der Waals surface area contributed by atoms with Crippen LogP contribution >= 0.6 is 15.9 Å². The normalized spacial score (nSPS) is 11.2. The highest BCUT2D eigenvalue weighted by Gasteiger charge is 2.17. The predicted molar refractivity (Wildman–Crippen MR) is 70.1 cm³/mol. The molecule has 0 aliphatic rings. The molecule has 96 valence electrons. The third kappa shape index (κ3) is 2.65. The van der Waals surface area contributed by atoms with Crippen molar-refractivity contribution in [2.45, 2.75) is 5.03 Å². The van der Waals surface area contributed by atoms with Crippen molar-refractivity contribution in [1.29, 1.82) is 0 Å². The number of halogens is 1. The maximum absolute atomic E-state index is 12.0. The van der Waals surface area contributed by atoms with Gasteiger partial charge in [-0.2, -0.15) is 13.5 Å². The van der Waals surface area contributed by atoms with Gasteiger partial charge in [0, 0.05) is 10.5 Å². The van der Waals surface area contributed by atoms with E-state index in [-0.39, 0.29) is 5.03 Å². The lowest BCUT2D eigenvalue weighted by Crippen LogP contribution is -2.13. The van der Waals surface area contributed by atoms with E-state index in [9.17, 15) is 8.42 Å². The van der Waals surface area contributed by atoms with Crippen molar-refractivity contribution in [2.24, 2.45) is 0 Å². The van der Waals surface area contributed by atoms with Crippen molar-refractivity contribution in [3.8, 4) is 5.75 Å². The van der Waals surface area contributed by atoms with E-state index in [0.29, 0.717) is 15.9 Å². The molecule has 0 unspecified atom stereocenters. The fourth-order valence-corrected chi connectivity index (χ4v) is 2.76. The van der Waals surface area contributed by atoms with Crippen LogP contribution in [0.3, 0.4) is 0 Å². The number of aromatic amines is 1. The number of rotatable bonds is 4. The molecule has 1 aromatic heterocycles. The van der Waals surface area contributed by atoms with Gasteiger partial charge in [-0.1, -0.05) is 0 Å². The molecule has 0 saturated carbocycles. The molecule has 0 atom stereocenters. The molecule has 2 aromatic rings. The van der Waals surface area contributed by atoms with Crippen LogP contribution in [-0.4, -0.2) is 25.7 Å². The number of methoxy groups -OCH3 is 1. The minimum atomic E-state index is -3.67. The van der Waals surface area contributed by atoms with Crippen LogP contribution in [0.15, 0.2) is 40.0 Å². The zero-order chi connectivity index (χ0) is 13.2. The molecule has 1 heterocycles. The van der Waals surface area contributed by atoms with Crippen LogP contribution in [0.5, 0.6) is 5.75 Å². The van der Waals surface area contributed by atoms with Crippen molar-refractivity contribution in [3.05, 3.63) is 34.9 Å². The molecular weight excluding hydrogens is 322 g/mol. The molecule has 6 nitrogen and oxygen atoms in total. The first kappa shape index (κ1) is 12.9. The number of nitrogens with one attached hydrogen (secondary N) is 2. The Hall–Kier alpha value is -1.54. The molecule has 2 rings (SSSR count). The second kappa shape index (κ2) is 4.99. The Morgan fingerprint density at radius 2 is 2.17 bits per heavy atom. The van der Waals surface area contributed by atoms with Crippen molar-refractivity contribution >= 4 is 31.6 Å². The lowest BCUT2D eigenvalue weighted by molar-refractivity contribution is 0.415. The summed E-state index contributed by atoms with van der Waals surface area (Å²) in [6, 6.07) is 6.37. The number of aromatic nitrogens is 2. The van der Waals surface area contributed by atoms with Crippen LogP contribution < -0.4 is 9.46 Å². The van der Waals surface area contributed by atoms with Crippen LogP contribution in [0, 0.1) is 0 Å². The van der Waals surface area contributed by atoms with Crippen LogP contribution in [-0.2, 0) is 10.0 Å². The average molecular weight is 332 g/mol. The molecule has 0 amide bonds. The first-order valence-electron chi connectivity index (χ1n) is 4.88. The number of H-pyrrole nitrogens is 1. The van der Waals surface area contributed by atoms with E-state index < -0.39 is 10.0 Å². The maximum atomic E-state index is 12.0. The Labute approximate surface area is 113 Å². The van der Waals surface area contributed by atoms with E-state index in [4.69, 9.17) is 4.74 Å². The third-order valence-corrected chi connectivity index (χ3v) is 4.17. The molecule has 0 radical (unpaired) electrons. The fourth-order valence-electron chi connectivity index (χ4n) is 1.30. The Bertz CT molecular complexity index is 640. The van der Waals surface area contributed by atoms with Gasteiger partial charge in [-0.25, -0.2) is 0 Å². The number of nitrogens with zero attached hydrogens (tertiary/aromatic N) is 1. The molecule has 0 saturated heterocycles. The molecule has 18 heavy (non-hydrogen) atoms. The highest BCUT2D eigenvalue weighted by Crippen LogP contribution is 2.28. The first-order valence-corrected chi connectivity index (χ1v) is 7.16. The number of sulfonamides is 1. The number of hydrogen-bond donors (Lipinski definition) is 2. The molecule has 0 aliphatic heterocycles. The van der Waals surface area contributed by atoms with Crippen LogP contribution in [0.1, 0.15) is 0 Å². The van der Waals surface area contributed by atoms with Gasteiger partial charge in [0.25, 0.3) is 10.0 Å². The number of benzene rings is 1. The SMILES string of the molecule is COc1ccc(Br)c(NS(=O)(=O)c2ccn[nH]2)c1. The van der Waals surface area contributed by atoms with E-state index in [2.05, 4.69) is 30.8 Å². The van der Waals surface area contributed by atoms with Crippen molar-refractivity contribution in [1.82, 2.24) is 10.2 Å². The second-order valence-corrected chi connectivity index (χ2v) is 5.88. The summed E-state index contributed by atoms with van der Waals surface area (Å²) in [5.74, 6) is 0.556. The van der Waals surface area contributed by atoms with Crippen LogP contribution in [0.4, 0.5) is 5.69 Å². The van der Waals surface area contributed by atoms with Gasteiger partial charge >= 0.3 is 0 Å². The van der Waals surface area contributed by atoms with Gasteiger partial charge < -0.3 is 4.74 Å². The highest BCUT2D eigenvalue weighted by atomic mass is 79.9. The Balaban J connectivity index is 2.35. The maximum Gasteiger partial charge on any atom is 0.278 e. The fraction of sp³-hybridized carbons (Fsp3) is 0.100. The Morgan fingerprint density at radius 1 is 1.39 bits per heavy atom. The zero-order valence-corrected chi connectivity index (χ0v) is 11.7. The number of ether oxygens (including phenoxy) is 1. The standard InChI is InChI=1S/C10H10BrN3O3S/c1-17-7-2-3-8(11)9(6-7)14-18(15,16)10-4-5-12-13-10/h2-6,14H,1H3,(H,12,13). The Morgan fingerprint density at radius 3 is 2.78 bits per heavy atom. The largest absolute Gasteiger partial charge is 0.497 e. The highest BCUT2D eigenvalue weighted by molar-refractivity contribution is 9.10. The summed E-state index contributed by atoms with van der Waals surface area (Å²) >= 11 is 3.27. The first-order chi connectivity index (χ1) is 8.53. The van der Waals surface area contributed by atoms with Gasteiger partial charge in [0.1, 0.15) is 5.75 Å². The quantitative estimate of drug-likeness (QED) is 0.897. The van der Waals surface area contributed by atoms with Crippen molar-refractivity contribution in [2.75, 3.05) is 11.8 Å². The molecule has 0 fully saturated rings. The molecular formula is C10H10BrN3O3S. The number of anilines is 1. The van der Waals surface area contributed by atoms with Crippen molar-refractivity contribution in [3.63, 3.8) is 0 Å². The van der Waals surface area contributed by atoms with Gasteiger partial charge in [-0.15, -0.1) is 0 Å². The molecule has 0 spiro atoms. The van der Waals surface area contributed by atoms with Gasteiger partial charge in [-0.05, 0) is 34.1 Å². The average Bonchev–Trinajstić information content (AvgIpc) is 2.86. The van der Waals surface area contributed by atoms with E-state index in [1.165, 1.54) is 19.4 Å². The monoisotopic (exact) mass is 331 g/mol. The Kier molecular flexibility index (Phi) is 3.58.